The molecule has 0 spiro atoms. The van der Waals surface area contributed by atoms with Crippen molar-refractivity contribution in [3.05, 3.63) is 29.3 Å². The van der Waals surface area contributed by atoms with Gasteiger partial charge in [0.25, 0.3) is 0 Å². The Hall–Kier alpha value is -0.950. The molecule has 0 radical (unpaired) electrons. The first-order valence-corrected chi connectivity index (χ1v) is 8.72. The Labute approximate surface area is 126 Å². The molecule has 0 aromatic heterocycles. The molecule has 2 rings (SSSR count). The molecule has 1 aliphatic rings. The molecule has 6 heteroatoms. The van der Waals surface area contributed by atoms with Crippen molar-refractivity contribution >= 4 is 10.0 Å². The standard InChI is InChI=1S/C15H23NO4S/c1-3-13-7-6-12(11-17)9-15(13)21(18,19)16-8-4-5-14(10-16)20-2/h6-7,9,14,17H,3-5,8,10-11H2,1-2H3. The summed E-state index contributed by atoms with van der Waals surface area (Å²) < 4.78 is 32.6. The van der Waals surface area contributed by atoms with E-state index in [9.17, 15) is 13.5 Å². The molecule has 5 nitrogen and oxygen atoms in total. The maximum atomic E-state index is 12.9. The highest BCUT2D eigenvalue weighted by molar-refractivity contribution is 7.89. The molecule has 1 atom stereocenters. The summed E-state index contributed by atoms with van der Waals surface area (Å²) in [6.07, 6.45) is 2.29. The van der Waals surface area contributed by atoms with Crippen LogP contribution >= 0.6 is 0 Å². The predicted molar refractivity (Wildman–Crippen MR) is 80.5 cm³/mol. The van der Waals surface area contributed by atoms with Crippen molar-refractivity contribution in [3.63, 3.8) is 0 Å². The smallest absolute Gasteiger partial charge is 0.243 e. The molecule has 21 heavy (non-hydrogen) atoms. The molecular weight excluding hydrogens is 290 g/mol. The minimum Gasteiger partial charge on any atom is -0.392 e. The zero-order valence-electron chi connectivity index (χ0n) is 12.6. The molecular formula is C15H23NO4S. The summed E-state index contributed by atoms with van der Waals surface area (Å²) in [7, 11) is -1.92. The summed E-state index contributed by atoms with van der Waals surface area (Å²) in [5, 5.41) is 9.25. The van der Waals surface area contributed by atoms with Gasteiger partial charge in [0.2, 0.25) is 10.0 Å². The topological polar surface area (TPSA) is 66.8 Å². The summed E-state index contributed by atoms with van der Waals surface area (Å²) in [6, 6.07) is 5.15. The van der Waals surface area contributed by atoms with Crippen LogP contribution in [0.2, 0.25) is 0 Å². The molecule has 0 bridgehead atoms. The molecule has 1 fully saturated rings. The van der Waals surface area contributed by atoms with E-state index in [0.29, 0.717) is 30.0 Å². The van der Waals surface area contributed by atoms with Crippen LogP contribution in [-0.2, 0) is 27.8 Å². The Morgan fingerprint density at radius 2 is 2.19 bits per heavy atom. The fourth-order valence-corrected chi connectivity index (χ4v) is 4.54. The molecule has 1 N–H and O–H groups in total. The molecule has 0 saturated carbocycles. The fraction of sp³-hybridized carbons (Fsp3) is 0.600. The monoisotopic (exact) mass is 313 g/mol. The van der Waals surface area contributed by atoms with Crippen molar-refractivity contribution < 1.29 is 18.3 Å². The molecule has 1 heterocycles. The Morgan fingerprint density at radius 3 is 2.81 bits per heavy atom. The van der Waals surface area contributed by atoms with Crippen molar-refractivity contribution in [2.45, 2.75) is 43.8 Å². The van der Waals surface area contributed by atoms with E-state index in [1.807, 2.05) is 6.92 Å². The number of benzene rings is 1. The van der Waals surface area contributed by atoms with Crippen LogP contribution < -0.4 is 0 Å². The van der Waals surface area contributed by atoms with Gasteiger partial charge in [-0.05, 0) is 36.5 Å². The van der Waals surface area contributed by atoms with Crippen molar-refractivity contribution in [1.82, 2.24) is 4.31 Å². The average Bonchev–Trinajstić information content (AvgIpc) is 2.54. The van der Waals surface area contributed by atoms with E-state index in [4.69, 9.17) is 4.74 Å². The first-order chi connectivity index (χ1) is 10.0. The predicted octanol–water partition coefficient (Wildman–Crippen LogP) is 1.54. The second-order valence-corrected chi connectivity index (χ2v) is 7.22. The largest absolute Gasteiger partial charge is 0.392 e. The molecule has 1 aliphatic heterocycles. The number of ether oxygens (including phenoxy) is 1. The quantitative estimate of drug-likeness (QED) is 0.895. The Kier molecular flexibility index (Phi) is 5.37. The molecule has 1 aromatic carbocycles. The third-order valence-electron chi connectivity index (χ3n) is 3.99. The van der Waals surface area contributed by atoms with Crippen molar-refractivity contribution in [2.24, 2.45) is 0 Å². The van der Waals surface area contributed by atoms with Crippen molar-refractivity contribution in [2.75, 3.05) is 20.2 Å². The lowest BCUT2D eigenvalue weighted by atomic mass is 10.1. The highest BCUT2D eigenvalue weighted by Crippen LogP contribution is 2.26. The van der Waals surface area contributed by atoms with Gasteiger partial charge in [-0.15, -0.1) is 0 Å². The van der Waals surface area contributed by atoms with E-state index in [2.05, 4.69) is 0 Å². The van der Waals surface area contributed by atoms with E-state index in [1.54, 1.807) is 25.3 Å². The van der Waals surface area contributed by atoms with Gasteiger partial charge in [0.05, 0.1) is 17.6 Å². The van der Waals surface area contributed by atoms with Gasteiger partial charge in [0.1, 0.15) is 0 Å². The SMILES string of the molecule is CCc1ccc(CO)cc1S(=O)(=O)N1CCCC(OC)C1. The van der Waals surface area contributed by atoms with Gasteiger partial charge in [-0.3, -0.25) is 0 Å². The van der Waals surface area contributed by atoms with Crippen LogP contribution in [0.5, 0.6) is 0 Å². The molecule has 1 saturated heterocycles. The van der Waals surface area contributed by atoms with Crippen LogP contribution in [0.25, 0.3) is 0 Å². The molecule has 1 aromatic rings. The maximum Gasteiger partial charge on any atom is 0.243 e. The van der Waals surface area contributed by atoms with Gasteiger partial charge >= 0.3 is 0 Å². The third-order valence-corrected chi connectivity index (χ3v) is 5.93. The third kappa shape index (κ3) is 3.45. The lowest BCUT2D eigenvalue weighted by Gasteiger charge is -2.31. The second kappa shape index (κ2) is 6.87. The summed E-state index contributed by atoms with van der Waals surface area (Å²) in [5.74, 6) is 0. The van der Waals surface area contributed by atoms with Gasteiger partial charge in [0, 0.05) is 20.2 Å². The van der Waals surface area contributed by atoms with Gasteiger partial charge in [-0.25, -0.2) is 8.42 Å². The fourth-order valence-electron chi connectivity index (χ4n) is 2.68. The normalized spacial score (nSPS) is 20.6. The van der Waals surface area contributed by atoms with Crippen LogP contribution in [0, 0.1) is 0 Å². The van der Waals surface area contributed by atoms with E-state index >= 15 is 0 Å². The summed E-state index contributed by atoms with van der Waals surface area (Å²) >= 11 is 0. The van der Waals surface area contributed by atoms with E-state index < -0.39 is 10.0 Å². The first kappa shape index (κ1) is 16.4. The minimum absolute atomic E-state index is 0.0420. The van der Waals surface area contributed by atoms with Crippen LogP contribution in [-0.4, -0.2) is 44.1 Å². The lowest BCUT2D eigenvalue weighted by molar-refractivity contribution is 0.0571. The summed E-state index contributed by atoms with van der Waals surface area (Å²) in [4.78, 5) is 0.313. The number of aryl methyl sites for hydroxylation is 1. The Morgan fingerprint density at radius 1 is 1.43 bits per heavy atom. The van der Waals surface area contributed by atoms with Crippen LogP contribution in [0.15, 0.2) is 23.1 Å². The van der Waals surface area contributed by atoms with Gasteiger partial charge < -0.3 is 9.84 Å². The molecule has 0 amide bonds. The van der Waals surface area contributed by atoms with Crippen molar-refractivity contribution in [3.8, 4) is 0 Å². The van der Waals surface area contributed by atoms with Crippen LogP contribution in [0.1, 0.15) is 30.9 Å². The van der Waals surface area contributed by atoms with E-state index in [-0.39, 0.29) is 12.7 Å². The molecule has 1 unspecified atom stereocenters. The van der Waals surface area contributed by atoms with Gasteiger partial charge in [-0.1, -0.05) is 19.1 Å². The minimum atomic E-state index is -3.54. The van der Waals surface area contributed by atoms with Crippen LogP contribution in [0.3, 0.4) is 0 Å². The highest BCUT2D eigenvalue weighted by Gasteiger charge is 2.31. The van der Waals surface area contributed by atoms with Gasteiger partial charge in [0.15, 0.2) is 0 Å². The van der Waals surface area contributed by atoms with E-state index in [1.165, 1.54) is 4.31 Å². The summed E-state index contributed by atoms with van der Waals surface area (Å²) in [6.45, 7) is 2.69. The number of sulfonamides is 1. The number of hydrogen-bond donors (Lipinski definition) is 1. The molecule has 0 aliphatic carbocycles. The number of rotatable bonds is 5. The lowest BCUT2D eigenvalue weighted by Crippen LogP contribution is -2.43. The maximum absolute atomic E-state index is 12.9. The molecule has 118 valence electrons. The Balaban J connectivity index is 2.38. The zero-order chi connectivity index (χ0) is 15.5. The number of piperidine rings is 1. The number of aliphatic hydroxyl groups is 1. The second-order valence-electron chi connectivity index (χ2n) is 5.32. The zero-order valence-corrected chi connectivity index (χ0v) is 13.4. The highest BCUT2D eigenvalue weighted by atomic mass is 32.2. The van der Waals surface area contributed by atoms with E-state index in [0.717, 1.165) is 18.4 Å². The number of methoxy groups -OCH3 is 1. The Bertz CT molecular complexity index is 585. The van der Waals surface area contributed by atoms with Crippen molar-refractivity contribution in [1.29, 1.82) is 0 Å². The first-order valence-electron chi connectivity index (χ1n) is 7.28. The average molecular weight is 313 g/mol. The number of hydrogen-bond acceptors (Lipinski definition) is 4. The van der Waals surface area contributed by atoms with Crippen LogP contribution in [0.4, 0.5) is 0 Å². The number of nitrogens with zero attached hydrogens (tertiary/aromatic N) is 1. The number of aliphatic hydroxyl groups excluding tert-OH is 1. The van der Waals surface area contributed by atoms with Gasteiger partial charge in [-0.2, -0.15) is 4.31 Å². The summed E-state index contributed by atoms with van der Waals surface area (Å²) in [5.41, 5.74) is 1.40.